The lowest BCUT2D eigenvalue weighted by molar-refractivity contribution is 0.0510. The molecule has 124 valence electrons. The second-order valence-corrected chi connectivity index (χ2v) is 6.08. The van der Waals surface area contributed by atoms with E-state index >= 15 is 0 Å². The Balaban J connectivity index is 2.51. The minimum absolute atomic E-state index is 0.214. The molecule has 0 fully saturated rings. The number of carbonyl (C=O) groups is 1. The number of rotatable bonds is 2. The van der Waals surface area contributed by atoms with E-state index in [9.17, 15) is 13.6 Å². The lowest BCUT2D eigenvalue weighted by Gasteiger charge is -2.19. The summed E-state index contributed by atoms with van der Waals surface area (Å²) in [6, 6.07) is 3.34. The first kappa shape index (κ1) is 16.9. The molecule has 5 nitrogen and oxygen atoms in total. The SMILES string of the molecule is CCc1c(N)c(-c2ccc(F)c(F)c2)nn1C(=O)OC(C)(C)C. The third-order valence-electron chi connectivity index (χ3n) is 3.12. The molecular weight excluding hydrogens is 304 g/mol. The van der Waals surface area contributed by atoms with Gasteiger partial charge in [0.25, 0.3) is 0 Å². The molecule has 7 heteroatoms. The first-order valence-corrected chi connectivity index (χ1v) is 7.20. The van der Waals surface area contributed by atoms with E-state index < -0.39 is 23.3 Å². The number of hydrogen-bond acceptors (Lipinski definition) is 4. The van der Waals surface area contributed by atoms with Crippen LogP contribution in [0.3, 0.4) is 0 Å². The van der Waals surface area contributed by atoms with Gasteiger partial charge in [0.1, 0.15) is 11.3 Å². The minimum atomic E-state index is -1.01. The van der Waals surface area contributed by atoms with E-state index in [2.05, 4.69) is 5.10 Å². The van der Waals surface area contributed by atoms with Gasteiger partial charge in [-0.1, -0.05) is 6.92 Å². The molecule has 2 rings (SSSR count). The highest BCUT2D eigenvalue weighted by Crippen LogP contribution is 2.29. The maximum atomic E-state index is 13.4. The van der Waals surface area contributed by atoms with Crippen LogP contribution in [-0.2, 0) is 11.2 Å². The molecular formula is C16H19F2N3O2. The van der Waals surface area contributed by atoms with Gasteiger partial charge in [0.2, 0.25) is 0 Å². The predicted molar refractivity (Wildman–Crippen MR) is 83.0 cm³/mol. The molecule has 0 amide bonds. The fraction of sp³-hybridized carbons (Fsp3) is 0.375. The molecule has 0 aliphatic rings. The van der Waals surface area contributed by atoms with Crippen LogP contribution in [0.25, 0.3) is 11.3 Å². The molecule has 1 aromatic heterocycles. The number of aromatic nitrogens is 2. The fourth-order valence-electron chi connectivity index (χ4n) is 2.12. The zero-order valence-corrected chi connectivity index (χ0v) is 13.5. The average Bonchev–Trinajstić information content (AvgIpc) is 2.77. The predicted octanol–water partition coefficient (Wildman–Crippen LogP) is 3.76. The number of halogens is 2. The molecule has 1 aromatic carbocycles. The number of anilines is 1. The number of nitrogens with zero attached hydrogens (tertiary/aromatic N) is 2. The molecule has 2 aromatic rings. The Bertz CT molecular complexity index is 749. The zero-order valence-electron chi connectivity index (χ0n) is 13.5. The summed E-state index contributed by atoms with van der Waals surface area (Å²) in [5.41, 5.74) is 6.54. The van der Waals surface area contributed by atoms with Crippen LogP contribution in [0.2, 0.25) is 0 Å². The summed E-state index contributed by atoms with van der Waals surface area (Å²) in [6.07, 6.45) is -0.239. The molecule has 0 atom stereocenters. The monoisotopic (exact) mass is 323 g/mol. The molecule has 2 N–H and O–H groups in total. The van der Waals surface area contributed by atoms with Crippen LogP contribution >= 0.6 is 0 Å². The largest absolute Gasteiger partial charge is 0.442 e. The Labute approximate surface area is 133 Å². The van der Waals surface area contributed by atoms with Crippen molar-refractivity contribution >= 4 is 11.8 Å². The van der Waals surface area contributed by atoms with Gasteiger partial charge in [-0.3, -0.25) is 0 Å². The van der Waals surface area contributed by atoms with Crippen molar-refractivity contribution < 1.29 is 18.3 Å². The van der Waals surface area contributed by atoms with Crippen LogP contribution in [-0.4, -0.2) is 21.5 Å². The van der Waals surface area contributed by atoms with Crippen molar-refractivity contribution in [1.29, 1.82) is 0 Å². The summed E-state index contributed by atoms with van der Waals surface area (Å²) in [7, 11) is 0. The van der Waals surface area contributed by atoms with Crippen molar-refractivity contribution in [3.05, 3.63) is 35.5 Å². The summed E-state index contributed by atoms with van der Waals surface area (Å²) < 4.78 is 32.9. The number of ether oxygens (including phenoxy) is 1. The van der Waals surface area contributed by atoms with Crippen LogP contribution in [0, 0.1) is 11.6 Å². The average molecular weight is 323 g/mol. The van der Waals surface area contributed by atoms with E-state index in [0.29, 0.717) is 17.7 Å². The first-order chi connectivity index (χ1) is 10.6. The van der Waals surface area contributed by atoms with Crippen molar-refractivity contribution in [2.75, 3.05) is 5.73 Å². The molecule has 0 bridgehead atoms. The van der Waals surface area contributed by atoms with E-state index in [1.807, 2.05) is 6.92 Å². The summed E-state index contributed by atoms with van der Waals surface area (Å²) in [5.74, 6) is -1.97. The van der Waals surface area contributed by atoms with Crippen LogP contribution < -0.4 is 5.73 Å². The number of carbonyl (C=O) groups excluding carboxylic acids is 1. The van der Waals surface area contributed by atoms with Gasteiger partial charge in [0, 0.05) is 5.56 Å². The van der Waals surface area contributed by atoms with Gasteiger partial charge in [-0.25, -0.2) is 13.6 Å². The Morgan fingerprint density at radius 2 is 1.96 bits per heavy atom. The Morgan fingerprint density at radius 3 is 2.48 bits per heavy atom. The third-order valence-corrected chi connectivity index (χ3v) is 3.12. The lowest BCUT2D eigenvalue weighted by Crippen LogP contribution is -2.28. The molecule has 0 radical (unpaired) electrons. The maximum Gasteiger partial charge on any atom is 0.435 e. The standard InChI is InChI=1S/C16H19F2N3O2/c1-5-12-13(19)14(9-6-7-10(17)11(18)8-9)20-21(12)15(22)23-16(2,3)4/h6-8H,5,19H2,1-4H3. The van der Waals surface area contributed by atoms with Gasteiger partial charge < -0.3 is 10.5 Å². The van der Waals surface area contributed by atoms with Gasteiger partial charge >= 0.3 is 6.09 Å². The molecule has 0 aliphatic carbocycles. The van der Waals surface area contributed by atoms with Crippen molar-refractivity contribution in [2.24, 2.45) is 0 Å². The second kappa shape index (κ2) is 5.98. The van der Waals surface area contributed by atoms with Crippen LogP contribution in [0.15, 0.2) is 18.2 Å². The van der Waals surface area contributed by atoms with E-state index in [4.69, 9.17) is 10.5 Å². The Morgan fingerprint density at radius 1 is 1.30 bits per heavy atom. The van der Waals surface area contributed by atoms with Gasteiger partial charge in [0.15, 0.2) is 11.6 Å². The van der Waals surface area contributed by atoms with Gasteiger partial charge in [-0.05, 0) is 45.4 Å². The molecule has 0 aliphatic heterocycles. The maximum absolute atomic E-state index is 13.4. The van der Waals surface area contributed by atoms with Crippen LogP contribution in [0.4, 0.5) is 19.3 Å². The number of benzene rings is 1. The quantitative estimate of drug-likeness (QED) is 0.913. The Kier molecular flexibility index (Phi) is 4.40. The van der Waals surface area contributed by atoms with Crippen molar-refractivity contribution in [3.63, 3.8) is 0 Å². The molecule has 0 saturated carbocycles. The lowest BCUT2D eigenvalue weighted by atomic mass is 10.1. The second-order valence-electron chi connectivity index (χ2n) is 6.08. The van der Waals surface area contributed by atoms with Crippen molar-refractivity contribution in [2.45, 2.75) is 39.7 Å². The molecule has 1 heterocycles. The molecule has 0 saturated heterocycles. The summed E-state index contributed by atoms with van der Waals surface area (Å²) in [6.45, 7) is 7.02. The first-order valence-electron chi connectivity index (χ1n) is 7.20. The van der Waals surface area contributed by atoms with Crippen molar-refractivity contribution in [1.82, 2.24) is 9.78 Å². The van der Waals surface area contributed by atoms with Crippen molar-refractivity contribution in [3.8, 4) is 11.3 Å². The summed E-state index contributed by atoms with van der Waals surface area (Å²) in [5, 5.41) is 4.13. The third kappa shape index (κ3) is 3.49. The van der Waals surface area contributed by atoms with E-state index in [-0.39, 0.29) is 11.4 Å². The van der Waals surface area contributed by atoms with E-state index in [1.54, 1.807) is 20.8 Å². The summed E-state index contributed by atoms with van der Waals surface area (Å²) >= 11 is 0. The number of hydrogen-bond donors (Lipinski definition) is 1. The topological polar surface area (TPSA) is 70.1 Å². The van der Waals surface area contributed by atoms with E-state index in [1.165, 1.54) is 6.07 Å². The fourth-order valence-corrected chi connectivity index (χ4v) is 2.12. The highest BCUT2D eigenvalue weighted by molar-refractivity contribution is 5.80. The molecule has 0 spiro atoms. The summed E-state index contributed by atoms with van der Waals surface area (Å²) in [4.78, 5) is 12.2. The van der Waals surface area contributed by atoms with E-state index in [0.717, 1.165) is 16.8 Å². The van der Waals surface area contributed by atoms with Gasteiger partial charge in [-0.2, -0.15) is 9.78 Å². The van der Waals surface area contributed by atoms with Crippen LogP contribution in [0.1, 0.15) is 33.4 Å². The zero-order chi connectivity index (χ0) is 17.4. The molecule has 23 heavy (non-hydrogen) atoms. The number of nitrogen functional groups attached to an aromatic ring is 1. The van der Waals surface area contributed by atoms with Crippen LogP contribution in [0.5, 0.6) is 0 Å². The van der Waals surface area contributed by atoms with Gasteiger partial charge in [-0.15, -0.1) is 0 Å². The Hall–Kier alpha value is -2.44. The minimum Gasteiger partial charge on any atom is -0.442 e. The number of nitrogens with two attached hydrogens (primary N) is 1. The normalized spacial score (nSPS) is 11.6. The molecule has 0 unspecified atom stereocenters. The van der Waals surface area contributed by atoms with Gasteiger partial charge in [0.05, 0.1) is 11.4 Å². The highest BCUT2D eigenvalue weighted by atomic mass is 19.2. The smallest absolute Gasteiger partial charge is 0.435 e. The highest BCUT2D eigenvalue weighted by Gasteiger charge is 2.24.